The predicted molar refractivity (Wildman–Crippen MR) is 151 cm³/mol. The summed E-state index contributed by atoms with van der Waals surface area (Å²) in [7, 11) is 1.62. The standard InChI is InChI=1S/C31H35N3O5/c1-38-29-12-5-2-8-23(29)13-14-30(36)33-20-25(18-24-19-32-28-11-4-3-10-27(24)28)34-31(37)21-39-26-9-6-7-22(17-26)15-16-35/h2-12,17,19,25,32,35H,13-16,18,20-21H2,1H3,(H,33,36)(H,34,37). The number of hydrogen-bond donors (Lipinski definition) is 4. The molecule has 0 radical (unpaired) electrons. The summed E-state index contributed by atoms with van der Waals surface area (Å²) in [5.41, 5.74) is 3.98. The van der Waals surface area contributed by atoms with Crippen LogP contribution in [0.2, 0.25) is 0 Å². The average molecular weight is 530 g/mol. The number of nitrogens with one attached hydrogen (secondary N) is 3. The van der Waals surface area contributed by atoms with E-state index in [2.05, 4.69) is 15.6 Å². The van der Waals surface area contributed by atoms with E-state index in [1.54, 1.807) is 13.2 Å². The van der Waals surface area contributed by atoms with E-state index in [0.29, 0.717) is 31.4 Å². The Balaban J connectivity index is 1.37. The highest BCUT2D eigenvalue weighted by Crippen LogP contribution is 2.20. The summed E-state index contributed by atoms with van der Waals surface area (Å²) in [5.74, 6) is 0.942. The second kappa shape index (κ2) is 14.0. The van der Waals surface area contributed by atoms with Crippen LogP contribution in [0.4, 0.5) is 0 Å². The first-order valence-corrected chi connectivity index (χ1v) is 13.1. The second-order valence-corrected chi connectivity index (χ2v) is 9.35. The number of fused-ring (bicyclic) bond motifs is 1. The normalized spacial score (nSPS) is 11.6. The van der Waals surface area contributed by atoms with E-state index in [4.69, 9.17) is 14.6 Å². The summed E-state index contributed by atoms with van der Waals surface area (Å²) in [6, 6.07) is 22.6. The molecular weight excluding hydrogens is 494 g/mol. The molecule has 0 bridgehead atoms. The van der Waals surface area contributed by atoms with E-state index in [-0.39, 0.29) is 37.6 Å². The van der Waals surface area contributed by atoms with E-state index in [1.807, 2.05) is 72.9 Å². The molecule has 8 heteroatoms. The van der Waals surface area contributed by atoms with Crippen LogP contribution in [-0.4, -0.2) is 54.8 Å². The third-order valence-electron chi connectivity index (χ3n) is 6.53. The first-order valence-electron chi connectivity index (χ1n) is 13.1. The zero-order valence-electron chi connectivity index (χ0n) is 22.1. The highest BCUT2D eigenvalue weighted by atomic mass is 16.5. The molecule has 39 heavy (non-hydrogen) atoms. The smallest absolute Gasteiger partial charge is 0.258 e. The number of rotatable bonds is 14. The minimum Gasteiger partial charge on any atom is -0.496 e. The number of methoxy groups -OCH3 is 1. The topological polar surface area (TPSA) is 113 Å². The van der Waals surface area contributed by atoms with Crippen molar-refractivity contribution in [2.24, 2.45) is 0 Å². The van der Waals surface area contributed by atoms with Gasteiger partial charge in [-0.15, -0.1) is 0 Å². The number of H-pyrrole nitrogens is 1. The number of aryl methyl sites for hydroxylation is 1. The Kier molecular flexibility index (Phi) is 9.97. The molecule has 3 aromatic carbocycles. The van der Waals surface area contributed by atoms with E-state index in [1.165, 1.54) is 0 Å². The van der Waals surface area contributed by atoms with Crippen molar-refractivity contribution in [2.75, 3.05) is 26.9 Å². The van der Waals surface area contributed by atoms with Crippen molar-refractivity contribution in [3.05, 3.63) is 95.7 Å². The van der Waals surface area contributed by atoms with Gasteiger partial charge in [0.2, 0.25) is 5.91 Å². The van der Waals surface area contributed by atoms with E-state index >= 15 is 0 Å². The summed E-state index contributed by atoms with van der Waals surface area (Å²) >= 11 is 0. The van der Waals surface area contributed by atoms with Crippen LogP contribution in [-0.2, 0) is 28.9 Å². The Morgan fingerprint density at radius 1 is 0.949 bits per heavy atom. The number of carbonyl (C=O) groups is 2. The van der Waals surface area contributed by atoms with Gasteiger partial charge in [0.05, 0.1) is 13.2 Å². The maximum Gasteiger partial charge on any atom is 0.258 e. The van der Waals surface area contributed by atoms with Crippen LogP contribution < -0.4 is 20.1 Å². The number of aromatic nitrogens is 1. The number of ether oxygens (including phenoxy) is 2. The van der Waals surface area contributed by atoms with Crippen molar-refractivity contribution in [3.63, 3.8) is 0 Å². The summed E-state index contributed by atoms with van der Waals surface area (Å²) < 4.78 is 11.1. The molecule has 0 saturated carbocycles. The van der Waals surface area contributed by atoms with Crippen LogP contribution in [0, 0.1) is 0 Å². The van der Waals surface area contributed by atoms with Gasteiger partial charge in [0.1, 0.15) is 11.5 Å². The number of carbonyl (C=O) groups excluding carboxylic acids is 2. The molecule has 0 spiro atoms. The number of aliphatic hydroxyl groups excluding tert-OH is 1. The zero-order chi connectivity index (χ0) is 27.5. The largest absolute Gasteiger partial charge is 0.496 e. The first-order chi connectivity index (χ1) is 19.1. The van der Waals surface area contributed by atoms with Crippen LogP contribution in [0.1, 0.15) is 23.1 Å². The van der Waals surface area contributed by atoms with Crippen LogP contribution in [0.15, 0.2) is 79.0 Å². The molecule has 4 N–H and O–H groups in total. The molecule has 204 valence electrons. The summed E-state index contributed by atoms with van der Waals surface area (Å²) in [6.45, 7) is 0.167. The van der Waals surface area contributed by atoms with E-state index in [0.717, 1.165) is 33.3 Å². The highest BCUT2D eigenvalue weighted by Gasteiger charge is 2.17. The number of hydrogen-bond acceptors (Lipinski definition) is 5. The lowest BCUT2D eigenvalue weighted by Crippen LogP contribution is -2.46. The number of benzene rings is 3. The number of amides is 2. The number of aliphatic hydroxyl groups is 1. The van der Waals surface area contributed by atoms with Gasteiger partial charge >= 0.3 is 0 Å². The molecule has 0 aliphatic heterocycles. The van der Waals surface area contributed by atoms with E-state index < -0.39 is 0 Å². The average Bonchev–Trinajstić information content (AvgIpc) is 3.37. The molecule has 1 unspecified atom stereocenters. The van der Waals surface area contributed by atoms with Gasteiger partial charge in [0, 0.05) is 36.7 Å². The highest BCUT2D eigenvalue weighted by molar-refractivity contribution is 5.83. The van der Waals surface area contributed by atoms with Crippen LogP contribution in [0.5, 0.6) is 11.5 Å². The maximum atomic E-state index is 12.8. The SMILES string of the molecule is COc1ccccc1CCC(=O)NCC(Cc1c[nH]c2ccccc12)NC(=O)COc1cccc(CCO)c1. The van der Waals surface area contributed by atoms with Gasteiger partial charge in [-0.25, -0.2) is 0 Å². The predicted octanol–water partition coefficient (Wildman–Crippen LogP) is 3.57. The van der Waals surface area contributed by atoms with E-state index in [9.17, 15) is 9.59 Å². The van der Waals surface area contributed by atoms with Crippen LogP contribution in [0.3, 0.4) is 0 Å². The lowest BCUT2D eigenvalue weighted by molar-refractivity contribution is -0.125. The summed E-state index contributed by atoms with van der Waals surface area (Å²) in [6.07, 6.45) is 3.86. The molecule has 0 fully saturated rings. The second-order valence-electron chi connectivity index (χ2n) is 9.35. The quantitative estimate of drug-likeness (QED) is 0.200. The molecule has 8 nitrogen and oxygen atoms in total. The molecule has 0 aliphatic rings. The Bertz CT molecular complexity index is 1380. The lowest BCUT2D eigenvalue weighted by atomic mass is 10.0. The van der Waals surface area contributed by atoms with Crippen molar-refractivity contribution in [1.82, 2.24) is 15.6 Å². The van der Waals surface area contributed by atoms with Gasteiger partial charge in [-0.05, 0) is 60.2 Å². The van der Waals surface area contributed by atoms with Gasteiger partial charge in [0.25, 0.3) is 5.91 Å². The molecule has 4 rings (SSSR count). The summed E-state index contributed by atoms with van der Waals surface area (Å²) in [4.78, 5) is 28.8. The van der Waals surface area contributed by atoms with Gasteiger partial charge in [-0.2, -0.15) is 0 Å². The van der Waals surface area contributed by atoms with Crippen molar-refractivity contribution < 1.29 is 24.2 Å². The first kappa shape index (κ1) is 27.7. The third-order valence-corrected chi connectivity index (χ3v) is 6.53. The minimum atomic E-state index is -0.337. The number of para-hydroxylation sites is 2. The monoisotopic (exact) mass is 529 g/mol. The van der Waals surface area contributed by atoms with Crippen molar-refractivity contribution in [3.8, 4) is 11.5 Å². The lowest BCUT2D eigenvalue weighted by Gasteiger charge is -2.20. The van der Waals surface area contributed by atoms with Crippen molar-refractivity contribution >= 4 is 22.7 Å². The van der Waals surface area contributed by atoms with Crippen LogP contribution in [0.25, 0.3) is 10.9 Å². The molecule has 1 atom stereocenters. The molecule has 0 saturated heterocycles. The van der Waals surface area contributed by atoms with Crippen molar-refractivity contribution in [1.29, 1.82) is 0 Å². The van der Waals surface area contributed by atoms with Crippen molar-refractivity contribution in [2.45, 2.75) is 31.7 Å². The molecule has 2 amide bonds. The van der Waals surface area contributed by atoms with Gasteiger partial charge in [-0.1, -0.05) is 48.5 Å². The Morgan fingerprint density at radius 2 is 1.77 bits per heavy atom. The molecule has 1 heterocycles. The number of aromatic amines is 1. The third kappa shape index (κ3) is 8.09. The Morgan fingerprint density at radius 3 is 2.62 bits per heavy atom. The Hall–Kier alpha value is -4.30. The molecular formula is C31H35N3O5. The maximum absolute atomic E-state index is 12.8. The van der Waals surface area contributed by atoms with Gasteiger partial charge in [-0.3, -0.25) is 9.59 Å². The fraction of sp³-hybridized carbons (Fsp3) is 0.290. The fourth-order valence-corrected chi connectivity index (χ4v) is 4.56. The molecule has 4 aromatic rings. The van der Waals surface area contributed by atoms with Crippen LogP contribution >= 0.6 is 0 Å². The Labute approximate surface area is 228 Å². The zero-order valence-corrected chi connectivity index (χ0v) is 22.1. The van der Waals surface area contributed by atoms with Gasteiger partial charge in [0.15, 0.2) is 6.61 Å². The molecule has 0 aliphatic carbocycles. The molecule has 1 aromatic heterocycles. The fourth-order valence-electron chi connectivity index (χ4n) is 4.56. The minimum absolute atomic E-state index is 0.0457. The van der Waals surface area contributed by atoms with Gasteiger partial charge < -0.3 is 30.2 Å². The summed E-state index contributed by atoms with van der Waals surface area (Å²) in [5, 5.41) is 16.2.